The molecule has 0 aliphatic heterocycles. The van der Waals surface area contributed by atoms with E-state index in [2.05, 4.69) is 9.72 Å². The van der Waals surface area contributed by atoms with Gasteiger partial charge in [0.25, 0.3) is 0 Å². The highest BCUT2D eigenvalue weighted by Gasteiger charge is 2.17. The summed E-state index contributed by atoms with van der Waals surface area (Å²) in [5.74, 6) is -0.948. The number of aromatic nitrogens is 2. The van der Waals surface area contributed by atoms with Crippen LogP contribution >= 0.6 is 0 Å². The number of imidazole rings is 1. The van der Waals surface area contributed by atoms with E-state index in [0.717, 1.165) is 6.42 Å². The number of carbonyl (C=O) groups is 2. The minimum atomic E-state index is -0.598. The van der Waals surface area contributed by atoms with E-state index in [1.54, 1.807) is 0 Å². The van der Waals surface area contributed by atoms with Gasteiger partial charge in [-0.15, -0.1) is 0 Å². The third-order valence-corrected chi connectivity index (χ3v) is 2.78. The lowest BCUT2D eigenvalue weighted by Crippen LogP contribution is -2.37. The predicted molar refractivity (Wildman–Crippen MR) is 72.4 cm³/mol. The maximum Gasteiger partial charge on any atom is 0.381 e. The largest absolute Gasteiger partial charge is 0.468 e. The molecule has 0 saturated heterocycles. The highest BCUT2D eigenvalue weighted by molar-refractivity contribution is 5.81. The predicted octanol–water partition coefficient (Wildman–Crippen LogP) is 0.593. The molecule has 0 bridgehead atoms. The standard InChI is InChI=1S/C12H18N4O5/c1-3-5-15(8-12(18)21-2)11(17)4-6-14-7-10(13-9-14)16(19)20/h7,9H,3-6,8H2,1-2H3. The van der Waals surface area contributed by atoms with Crippen LogP contribution in [0.25, 0.3) is 0 Å². The number of ether oxygens (including phenoxy) is 1. The first-order valence-corrected chi connectivity index (χ1v) is 6.48. The van der Waals surface area contributed by atoms with Crippen molar-refractivity contribution in [1.29, 1.82) is 0 Å². The fraction of sp³-hybridized carbons (Fsp3) is 0.583. The van der Waals surface area contributed by atoms with Gasteiger partial charge in [-0.05, 0) is 16.3 Å². The lowest BCUT2D eigenvalue weighted by molar-refractivity contribution is -0.389. The van der Waals surface area contributed by atoms with Crippen LogP contribution in [-0.4, -0.2) is 51.5 Å². The van der Waals surface area contributed by atoms with Crippen LogP contribution in [0.2, 0.25) is 0 Å². The molecule has 0 aliphatic carbocycles. The van der Waals surface area contributed by atoms with E-state index in [1.807, 2.05) is 6.92 Å². The molecular weight excluding hydrogens is 280 g/mol. The second-order valence-corrected chi connectivity index (χ2v) is 4.37. The molecule has 0 aromatic carbocycles. The van der Waals surface area contributed by atoms with Gasteiger partial charge in [0.15, 0.2) is 0 Å². The average Bonchev–Trinajstić information content (AvgIpc) is 2.93. The van der Waals surface area contributed by atoms with Crippen LogP contribution in [0.1, 0.15) is 19.8 Å². The number of esters is 1. The van der Waals surface area contributed by atoms with Crippen LogP contribution in [0.4, 0.5) is 5.82 Å². The third kappa shape index (κ3) is 5.21. The number of rotatable bonds is 8. The molecule has 0 aliphatic rings. The van der Waals surface area contributed by atoms with E-state index in [1.165, 1.54) is 29.1 Å². The first-order valence-electron chi connectivity index (χ1n) is 6.48. The van der Waals surface area contributed by atoms with Crippen LogP contribution in [0.3, 0.4) is 0 Å². The zero-order chi connectivity index (χ0) is 15.8. The number of carbonyl (C=O) groups excluding carboxylic acids is 2. The minimum absolute atomic E-state index is 0.0900. The molecule has 0 spiro atoms. The zero-order valence-corrected chi connectivity index (χ0v) is 12.0. The first kappa shape index (κ1) is 16.6. The number of hydrogen-bond acceptors (Lipinski definition) is 6. The molecule has 116 valence electrons. The molecule has 9 nitrogen and oxygen atoms in total. The summed E-state index contributed by atoms with van der Waals surface area (Å²) in [5, 5.41) is 10.5. The molecule has 0 saturated carbocycles. The number of aryl methyl sites for hydroxylation is 1. The fourth-order valence-electron chi connectivity index (χ4n) is 1.73. The van der Waals surface area contributed by atoms with Crippen molar-refractivity contribution in [2.75, 3.05) is 20.2 Å². The second-order valence-electron chi connectivity index (χ2n) is 4.37. The van der Waals surface area contributed by atoms with E-state index >= 15 is 0 Å². The Balaban J connectivity index is 2.55. The van der Waals surface area contributed by atoms with Crippen LogP contribution in [0, 0.1) is 10.1 Å². The molecule has 0 unspecified atom stereocenters. The summed E-state index contributed by atoms with van der Waals surface area (Å²) >= 11 is 0. The van der Waals surface area contributed by atoms with E-state index in [-0.39, 0.29) is 31.2 Å². The Morgan fingerprint density at radius 2 is 2.24 bits per heavy atom. The lowest BCUT2D eigenvalue weighted by Gasteiger charge is -2.20. The Bertz CT molecular complexity index is 514. The third-order valence-electron chi connectivity index (χ3n) is 2.78. The van der Waals surface area contributed by atoms with Crippen molar-refractivity contribution in [3.63, 3.8) is 0 Å². The molecule has 1 amide bonds. The lowest BCUT2D eigenvalue weighted by atomic mass is 10.3. The number of nitro groups is 1. The summed E-state index contributed by atoms with van der Waals surface area (Å²) in [6, 6.07) is 0. The summed E-state index contributed by atoms with van der Waals surface area (Å²) in [4.78, 5) is 38.2. The van der Waals surface area contributed by atoms with Gasteiger partial charge < -0.3 is 24.3 Å². The average molecular weight is 298 g/mol. The maximum absolute atomic E-state index is 12.0. The fourth-order valence-corrected chi connectivity index (χ4v) is 1.73. The number of amides is 1. The minimum Gasteiger partial charge on any atom is -0.468 e. The topological polar surface area (TPSA) is 108 Å². The van der Waals surface area contributed by atoms with Gasteiger partial charge in [-0.2, -0.15) is 0 Å². The van der Waals surface area contributed by atoms with Crippen molar-refractivity contribution in [3.05, 3.63) is 22.6 Å². The molecule has 9 heteroatoms. The highest BCUT2D eigenvalue weighted by Crippen LogP contribution is 2.07. The van der Waals surface area contributed by atoms with Crippen molar-refractivity contribution in [2.45, 2.75) is 26.3 Å². The van der Waals surface area contributed by atoms with Crippen molar-refractivity contribution in [3.8, 4) is 0 Å². The monoisotopic (exact) mass is 298 g/mol. The second kappa shape index (κ2) is 7.98. The van der Waals surface area contributed by atoms with Crippen molar-refractivity contribution in [1.82, 2.24) is 14.5 Å². The molecule has 0 radical (unpaired) electrons. The van der Waals surface area contributed by atoms with E-state index < -0.39 is 10.9 Å². The van der Waals surface area contributed by atoms with Gasteiger partial charge in [0.1, 0.15) is 12.7 Å². The zero-order valence-electron chi connectivity index (χ0n) is 12.0. The van der Waals surface area contributed by atoms with Crippen LogP contribution in [0.5, 0.6) is 0 Å². The van der Waals surface area contributed by atoms with Gasteiger partial charge in [-0.25, -0.2) is 0 Å². The number of nitrogens with zero attached hydrogens (tertiary/aromatic N) is 4. The van der Waals surface area contributed by atoms with E-state index in [4.69, 9.17) is 0 Å². The van der Waals surface area contributed by atoms with Crippen molar-refractivity contribution >= 4 is 17.7 Å². The summed E-state index contributed by atoms with van der Waals surface area (Å²) in [6.07, 6.45) is 3.41. The Morgan fingerprint density at radius 1 is 1.52 bits per heavy atom. The summed E-state index contributed by atoms with van der Waals surface area (Å²) in [5.41, 5.74) is 0. The molecule has 0 fully saturated rings. The Labute approximate surface area is 121 Å². The van der Waals surface area contributed by atoms with Gasteiger partial charge in [-0.1, -0.05) is 6.92 Å². The maximum atomic E-state index is 12.0. The Morgan fingerprint density at radius 3 is 2.76 bits per heavy atom. The number of hydrogen-bond donors (Lipinski definition) is 0. The number of methoxy groups -OCH3 is 1. The van der Waals surface area contributed by atoms with Crippen LogP contribution in [0.15, 0.2) is 12.5 Å². The van der Waals surface area contributed by atoms with Gasteiger partial charge in [0, 0.05) is 19.5 Å². The summed E-state index contributed by atoms with van der Waals surface area (Å²) < 4.78 is 6.02. The molecule has 1 rings (SSSR count). The summed E-state index contributed by atoms with van der Waals surface area (Å²) in [6.45, 7) is 2.53. The van der Waals surface area contributed by atoms with E-state index in [9.17, 15) is 19.7 Å². The SMILES string of the molecule is CCCN(CC(=O)OC)C(=O)CCn1cnc([N+](=O)[O-])c1. The Hall–Kier alpha value is -2.45. The normalized spacial score (nSPS) is 10.2. The van der Waals surface area contributed by atoms with Gasteiger partial charge in [-0.3, -0.25) is 9.59 Å². The van der Waals surface area contributed by atoms with Crippen molar-refractivity contribution < 1.29 is 19.2 Å². The quantitative estimate of drug-likeness (QED) is 0.395. The molecule has 1 heterocycles. The molecule has 0 N–H and O–H groups in total. The molecule has 21 heavy (non-hydrogen) atoms. The van der Waals surface area contributed by atoms with E-state index in [0.29, 0.717) is 6.54 Å². The van der Waals surface area contributed by atoms with Crippen LogP contribution < -0.4 is 0 Å². The smallest absolute Gasteiger partial charge is 0.381 e. The van der Waals surface area contributed by atoms with Crippen molar-refractivity contribution in [2.24, 2.45) is 0 Å². The molecular formula is C12H18N4O5. The van der Waals surface area contributed by atoms with Gasteiger partial charge in [0.05, 0.1) is 7.11 Å². The van der Waals surface area contributed by atoms with Gasteiger partial charge in [0.2, 0.25) is 12.2 Å². The Kier molecular flexibility index (Phi) is 6.31. The molecule has 0 atom stereocenters. The van der Waals surface area contributed by atoms with Crippen LogP contribution in [-0.2, 0) is 20.9 Å². The highest BCUT2D eigenvalue weighted by atomic mass is 16.6. The molecule has 1 aromatic heterocycles. The molecule has 1 aromatic rings. The van der Waals surface area contributed by atoms with Gasteiger partial charge >= 0.3 is 11.8 Å². The first-order chi connectivity index (χ1) is 9.97. The summed E-state index contributed by atoms with van der Waals surface area (Å²) in [7, 11) is 1.27.